The van der Waals surface area contributed by atoms with Crippen LogP contribution in [-0.4, -0.2) is 61.8 Å². The normalized spacial score (nSPS) is 38.3. The number of rotatable bonds is 1. The van der Waals surface area contributed by atoms with Crippen LogP contribution in [0, 0.1) is 0 Å². The Kier molecular flexibility index (Phi) is 2.83. The molecule has 0 aromatic carbocycles. The van der Waals surface area contributed by atoms with Crippen molar-refractivity contribution in [2.24, 2.45) is 5.73 Å². The molecule has 0 aromatic rings. The maximum atomic E-state index is 6.03. The third-order valence-electron chi connectivity index (χ3n) is 3.17. The molecule has 76 valence electrons. The molecule has 13 heavy (non-hydrogen) atoms. The molecule has 4 heteroatoms. The number of likely N-dealkylation sites (N-methyl/N-ethyl adjacent to an activating group) is 1. The van der Waals surface area contributed by atoms with Crippen LogP contribution in [0.2, 0.25) is 0 Å². The summed E-state index contributed by atoms with van der Waals surface area (Å²) in [6, 6.07) is 0.336. The molecule has 4 nitrogen and oxygen atoms in total. The first-order valence-corrected chi connectivity index (χ1v) is 5.19. The molecule has 0 radical (unpaired) electrons. The van der Waals surface area contributed by atoms with E-state index in [1.165, 1.54) is 13.1 Å². The number of piperazine rings is 1. The Morgan fingerprint density at radius 2 is 1.92 bits per heavy atom. The van der Waals surface area contributed by atoms with Gasteiger partial charge in [-0.15, -0.1) is 0 Å². The molecule has 2 heterocycles. The quantitative estimate of drug-likeness (QED) is 0.542. The Hall–Kier alpha value is -0.160. The van der Waals surface area contributed by atoms with Gasteiger partial charge in [0.2, 0.25) is 0 Å². The molecule has 0 bridgehead atoms. The monoisotopic (exact) mass is 184 g/mol. The average molecular weight is 184 g/mol. The summed E-state index contributed by atoms with van der Waals surface area (Å²) >= 11 is 0. The lowest BCUT2D eigenvalue weighted by atomic mass is 10.2. The smallest absolute Gasteiger partial charge is 0.0754 e. The Labute approximate surface area is 80.1 Å². The fraction of sp³-hybridized carbons (Fsp3) is 1.00. The number of nitrogens with two attached hydrogens (primary N) is 1. The number of hydrogen-bond acceptors (Lipinski definition) is 4. The maximum Gasteiger partial charge on any atom is 0.0754 e. The molecule has 0 spiro atoms. The molecule has 0 aromatic heterocycles. The van der Waals surface area contributed by atoms with Gasteiger partial charge in [-0.05, 0) is 20.0 Å². The summed E-state index contributed by atoms with van der Waals surface area (Å²) in [5.74, 6) is 0. The highest BCUT2D eigenvalue weighted by atomic mass is 15.3. The van der Waals surface area contributed by atoms with Crippen molar-refractivity contribution < 1.29 is 0 Å². The molecule has 3 N–H and O–H groups in total. The summed E-state index contributed by atoms with van der Waals surface area (Å²) in [5.41, 5.74) is 6.03. The van der Waals surface area contributed by atoms with Gasteiger partial charge >= 0.3 is 0 Å². The van der Waals surface area contributed by atoms with Gasteiger partial charge in [0.1, 0.15) is 0 Å². The second kappa shape index (κ2) is 3.92. The van der Waals surface area contributed by atoms with Crippen molar-refractivity contribution in [1.82, 2.24) is 15.1 Å². The Morgan fingerprint density at radius 3 is 2.46 bits per heavy atom. The lowest BCUT2D eigenvalue weighted by molar-refractivity contribution is 0.0965. The SMILES string of the molecule is CN1CCN(C2NCCC2N)CC1. The molecule has 2 aliphatic rings. The van der Waals surface area contributed by atoms with Crippen LogP contribution >= 0.6 is 0 Å². The zero-order valence-corrected chi connectivity index (χ0v) is 8.37. The summed E-state index contributed by atoms with van der Waals surface area (Å²) in [6.45, 7) is 5.73. The van der Waals surface area contributed by atoms with Crippen molar-refractivity contribution in [1.29, 1.82) is 0 Å². The minimum Gasteiger partial charge on any atom is -0.325 e. The molecule has 0 saturated carbocycles. The van der Waals surface area contributed by atoms with Crippen LogP contribution < -0.4 is 11.1 Å². The van der Waals surface area contributed by atoms with Crippen molar-refractivity contribution in [2.45, 2.75) is 18.6 Å². The van der Waals surface area contributed by atoms with E-state index < -0.39 is 0 Å². The molecule has 2 atom stereocenters. The number of nitrogens with one attached hydrogen (secondary N) is 1. The molecule has 2 saturated heterocycles. The number of nitrogens with zero attached hydrogens (tertiary/aromatic N) is 2. The van der Waals surface area contributed by atoms with Gasteiger partial charge < -0.3 is 16.0 Å². The third-order valence-corrected chi connectivity index (χ3v) is 3.17. The van der Waals surface area contributed by atoms with E-state index in [0.717, 1.165) is 26.1 Å². The van der Waals surface area contributed by atoms with Crippen LogP contribution in [0.1, 0.15) is 6.42 Å². The van der Waals surface area contributed by atoms with Crippen LogP contribution in [0.5, 0.6) is 0 Å². The van der Waals surface area contributed by atoms with Crippen molar-refractivity contribution in [3.8, 4) is 0 Å². The van der Waals surface area contributed by atoms with E-state index in [2.05, 4.69) is 22.2 Å². The zero-order valence-electron chi connectivity index (χ0n) is 8.37. The van der Waals surface area contributed by atoms with Crippen LogP contribution in [0.25, 0.3) is 0 Å². The first-order valence-electron chi connectivity index (χ1n) is 5.19. The topological polar surface area (TPSA) is 44.5 Å². The Balaban J connectivity index is 1.86. The largest absolute Gasteiger partial charge is 0.325 e. The second-order valence-electron chi connectivity index (χ2n) is 4.19. The average Bonchev–Trinajstić information content (AvgIpc) is 2.53. The maximum absolute atomic E-state index is 6.03. The van der Waals surface area contributed by atoms with E-state index in [1.54, 1.807) is 0 Å². The van der Waals surface area contributed by atoms with Crippen molar-refractivity contribution in [3.05, 3.63) is 0 Å². The summed E-state index contributed by atoms with van der Waals surface area (Å²) in [7, 11) is 2.18. The van der Waals surface area contributed by atoms with E-state index in [1.807, 2.05) is 0 Å². The summed E-state index contributed by atoms with van der Waals surface area (Å²) in [6.07, 6.45) is 1.56. The van der Waals surface area contributed by atoms with Gasteiger partial charge in [-0.1, -0.05) is 0 Å². The van der Waals surface area contributed by atoms with E-state index >= 15 is 0 Å². The van der Waals surface area contributed by atoms with Gasteiger partial charge in [-0.2, -0.15) is 0 Å². The van der Waals surface area contributed by atoms with Gasteiger partial charge in [0.25, 0.3) is 0 Å². The third kappa shape index (κ3) is 2.02. The van der Waals surface area contributed by atoms with Crippen LogP contribution in [0.4, 0.5) is 0 Å². The van der Waals surface area contributed by atoms with Gasteiger partial charge in [0.15, 0.2) is 0 Å². The van der Waals surface area contributed by atoms with E-state index in [-0.39, 0.29) is 0 Å². The highest BCUT2D eigenvalue weighted by molar-refractivity contribution is 4.88. The fourth-order valence-electron chi connectivity index (χ4n) is 2.21. The minimum absolute atomic E-state index is 0.336. The van der Waals surface area contributed by atoms with Crippen LogP contribution in [0.15, 0.2) is 0 Å². The predicted octanol–water partition coefficient (Wildman–Crippen LogP) is -1.12. The van der Waals surface area contributed by atoms with Crippen molar-refractivity contribution >= 4 is 0 Å². The van der Waals surface area contributed by atoms with E-state index in [4.69, 9.17) is 5.73 Å². The Morgan fingerprint density at radius 1 is 1.23 bits per heavy atom. The summed E-state index contributed by atoms with van der Waals surface area (Å²) in [4.78, 5) is 4.86. The van der Waals surface area contributed by atoms with Crippen molar-refractivity contribution in [2.75, 3.05) is 39.8 Å². The summed E-state index contributed by atoms with van der Waals surface area (Å²) < 4.78 is 0. The molecule has 0 amide bonds. The molecule has 2 unspecified atom stereocenters. The molecule has 2 aliphatic heterocycles. The summed E-state index contributed by atoms with van der Waals surface area (Å²) in [5, 5.41) is 3.47. The van der Waals surface area contributed by atoms with Crippen LogP contribution in [-0.2, 0) is 0 Å². The van der Waals surface area contributed by atoms with Crippen molar-refractivity contribution in [3.63, 3.8) is 0 Å². The fourth-order valence-corrected chi connectivity index (χ4v) is 2.21. The van der Waals surface area contributed by atoms with Gasteiger partial charge in [0, 0.05) is 32.2 Å². The Bertz CT molecular complexity index is 165. The van der Waals surface area contributed by atoms with Crippen LogP contribution in [0.3, 0.4) is 0 Å². The number of hydrogen-bond donors (Lipinski definition) is 2. The second-order valence-corrected chi connectivity index (χ2v) is 4.19. The molecular formula is C9H20N4. The first kappa shape index (κ1) is 9.40. The standard InChI is InChI=1S/C9H20N4/c1-12-4-6-13(7-5-12)9-8(10)2-3-11-9/h8-9,11H,2-7,10H2,1H3. The van der Waals surface area contributed by atoms with E-state index in [0.29, 0.717) is 12.2 Å². The van der Waals surface area contributed by atoms with Gasteiger partial charge in [-0.25, -0.2) is 0 Å². The highest BCUT2D eigenvalue weighted by Crippen LogP contribution is 2.11. The highest BCUT2D eigenvalue weighted by Gasteiger charge is 2.30. The predicted molar refractivity (Wildman–Crippen MR) is 53.5 cm³/mol. The first-order chi connectivity index (χ1) is 6.27. The van der Waals surface area contributed by atoms with Gasteiger partial charge in [-0.3, -0.25) is 4.90 Å². The van der Waals surface area contributed by atoms with E-state index in [9.17, 15) is 0 Å². The molecule has 2 rings (SSSR count). The zero-order chi connectivity index (χ0) is 9.26. The lowest BCUT2D eigenvalue weighted by Gasteiger charge is -2.37. The lowest BCUT2D eigenvalue weighted by Crippen LogP contribution is -2.56. The molecule has 0 aliphatic carbocycles. The van der Waals surface area contributed by atoms with Gasteiger partial charge in [0.05, 0.1) is 6.17 Å². The molecule has 2 fully saturated rings. The molecular weight excluding hydrogens is 164 g/mol. The minimum atomic E-state index is 0.336.